The second-order valence-electron chi connectivity index (χ2n) is 4.82. The molecule has 5 heteroatoms. The molecule has 0 fully saturated rings. The molecule has 1 amide bonds. The van der Waals surface area contributed by atoms with Gasteiger partial charge in [0.05, 0.1) is 5.56 Å². The number of benzene rings is 1. The van der Waals surface area contributed by atoms with Crippen molar-refractivity contribution in [3.05, 3.63) is 71.9 Å². The van der Waals surface area contributed by atoms with E-state index in [0.29, 0.717) is 17.1 Å². The first-order chi connectivity index (χ1) is 10.6. The predicted molar refractivity (Wildman–Crippen MR) is 81.0 cm³/mol. The number of halogens is 1. The van der Waals surface area contributed by atoms with Gasteiger partial charge in [-0.25, -0.2) is 9.37 Å². The highest BCUT2D eigenvalue weighted by atomic mass is 19.1. The lowest BCUT2D eigenvalue weighted by molar-refractivity contribution is 0.0997. The zero-order valence-electron chi connectivity index (χ0n) is 11.8. The van der Waals surface area contributed by atoms with Crippen LogP contribution >= 0.6 is 0 Å². The topological polar surface area (TPSA) is 55.1 Å². The average molecular weight is 296 g/mol. The third-order valence-corrected chi connectivity index (χ3v) is 3.13. The number of hydrogen-bond donors (Lipinski definition) is 1. The Bertz CT molecular complexity index is 827. The minimum atomic E-state index is -0.430. The Labute approximate surface area is 126 Å². The van der Waals surface area contributed by atoms with Crippen molar-refractivity contribution in [1.82, 2.24) is 4.98 Å². The van der Waals surface area contributed by atoms with Crippen molar-refractivity contribution in [3.8, 4) is 11.3 Å². The van der Waals surface area contributed by atoms with Crippen molar-refractivity contribution >= 4 is 11.7 Å². The predicted octanol–water partition coefficient (Wildman–Crippen LogP) is 4.04. The van der Waals surface area contributed by atoms with E-state index in [4.69, 9.17) is 4.42 Å². The number of aryl methyl sites for hydroxylation is 1. The maximum Gasteiger partial charge on any atom is 0.292 e. The Morgan fingerprint density at radius 2 is 2.00 bits per heavy atom. The number of amides is 1. The molecule has 3 aromatic rings. The van der Waals surface area contributed by atoms with Crippen LogP contribution < -0.4 is 5.32 Å². The van der Waals surface area contributed by atoms with E-state index in [9.17, 15) is 9.18 Å². The zero-order valence-corrected chi connectivity index (χ0v) is 11.8. The Morgan fingerprint density at radius 1 is 1.18 bits per heavy atom. The summed E-state index contributed by atoms with van der Waals surface area (Å²) in [4.78, 5) is 16.2. The van der Waals surface area contributed by atoms with E-state index in [2.05, 4.69) is 10.3 Å². The summed E-state index contributed by atoms with van der Waals surface area (Å²) in [6.45, 7) is 1.90. The Hall–Kier alpha value is -2.95. The highest BCUT2D eigenvalue weighted by Gasteiger charge is 2.14. The van der Waals surface area contributed by atoms with Gasteiger partial charge in [-0.2, -0.15) is 0 Å². The quantitative estimate of drug-likeness (QED) is 0.793. The summed E-state index contributed by atoms with van der Waals surface area (Å²) < 4.78 is 19.1. The van der Waals surface area contributed by atoms with E-state index in [-0.39, 0.29) is 5.76 Å². The summed E-state index contributed by atoms with van der Waals surface area (Å²) >= 11 is 0. The molecule has 3 rings (SSSR count). The molecule has 0 aliphatic carbocycles. The summed E-state index contributed by atoms with van der Waals surface area (Å²) in [5.41, 5.74) is 1.30. The number of anilines is 1. The zero-order chi connectivity index (χ0) is 15.5. The third kappa shape index (κ3) is 2.88. The van der Waals surface area contributed by atoms with Gasteiger partial charge in [0.15, 0.2) is 5.76 Å². The molecule has 4 nitrogen and oxygen atoms in total. The first kappa shape index (κ1) is 14.0. The fourth-order valence-corrected chi connectivity index (χ4v) is 2.05. The first-order valence-electron chi connectivity index (χ1n) is 6.72. The maximum atomic E-state index is 13.7. The maximum absolute atomic E-state index is 13.7. The van der Waals surface area contributed by atoms with Crippen LogP contribution in [0.5, 0.6) is 0 Å². The molecule has 0 atom stereocenters. The van der Waals surface area contributed by atoms with Crippen LogP contribution in [-0.4, -0.2) is 10.9 Å². The Kier molecular flexibility index (Phi) is 3.70. The van der Waals surface area contributed by atoms with Gasteiger partial charge in [0.25, 0.3) is 5.91 Å². The minimum absolute atomic E-state index is 0.0987. The van der Waals surface area contributed by atoms with Crippen LogP contribution in [0.15, 0.2) is 59.1 Å². The van der Waals surface area contributed by atoms with Gasteiger partial charge in [-0.3, -0.25) is 4.79 Å². The Morgan fingerprint density at radius 3 is 2.77 bits per heavy atom. The van der Waals surface area contributed by atoms with E-state index in [1.165, 1.54) is 12.1 Å². The van der Waals surface area contributed by atoms with E-state index in [0.717, 1.165) is 5.56 Å². The fourth-order valence-electron chi connectivity index (χ4n) is 2.05. The molecule has 0 saturated heterocycles. The molecular weight excluding hydrogens is 283 g/mol. The molecule has 1 N–H and O–H groups in total. The summed E-state index contributed by atoms with van der Waals surface area (Å²) in [5.74, 6) is 0.0145. The number of rotatable bonds is 3. The average Bonchev–Trinajstić information content (AvgIpc) is 2.97. The number of nitrogens with one attached hydrogen (secondary N) is 1. The van der Waals surface area contributed by atoms with Gasteiger partial charge in [-0.15, -0.1) is 0 Å². The minimum Gasteiger partial charge on any atom is -0.451 e. The third-order valence-electron chi connectivity index (χ3n) is 3.13. The number of nitrogens with zero attached hydrogens (tertiary/aromatic N) is 1. The second-order valence-corrected chi connectivity index (χ2v) is 4.82. The van der Waals surface area contributed by atoms with Gasteiger partial charge >= 0.3 is 0 Å². The molecule has 22 heavy (non-hydrogen) atoms. The number of hydrogen-bond acceptors (Lipinski definition) is 3. The number of carbonyl (C=O) groups is 1. The smallest absolute Gasteiger partial charge is 0.292 e. The van der Waals surface area contributed by atoms with Crippen LogP contribution in [0.2, 0.25) is 0 Å². The van der Waals surface area contributed by atoms with Crippen molar-refractivity contribution < 1.29 is 13.6 Å². The lowest BCUT2D eigenvalue weighted by Crippen LogP contribution is -2.11. The Balaban J connectivity index is 1.82. The lowest BCUT2D eigenvalue weighted by atomic mass is 10.1. The van der Waals surface area contributed by atoms with Crippen molar-refractivity contribution in [2.75, 3.05) is 5.32 Å². The van der Waals surface area contributed by atoms with Crippen LogP contribution in [0.25, 0.3) is 11.3 Å². The molecule has 110 valence electrons. The molecule has 1 aromatic carbocycles. The lowest BCUT2D eigenvalue weighted by Gasteiger charge is -2.03. The molecule has 0 radical (unpaired) electrons. The molecule has 0 saturated carbocycles. The highest BCUT2D eigenvalue weighted by Crippen LogP contribution is 2.25. The van der Waals surface area contributed by atoms with Gasteiger partial charge in [0.2, 0.25) is 0 Å². The highest BCUT2D eigenvalue weighted by molar-refractivity contribution is 6.02. The van der Waals surface area contributed by atoms with Crippen molar-refractivity contribution in [2.45, 2.75) is 6.92 Å². The molecule has 0 bridgehead atoms. The normalized spacial score (nSPS) is 10.5. The number of carbonyl (C=O) groups excluding carboxylic acids is 1. The summed E-state index contributed by atoms with van der Waals surface area (Å²) in [6.07, 6.45) is 1.61. The monoisotopic (exact) mass is 296 g/mol. The van der Waals surface area contributed by atoms with E-state index < -0.39 is 11.7 Å². The van der Waals surface area contributed by atoms with Crippen LogP contribution in [0.3, 0.4) is 0 Å². The molecule has 0 spiro atoms. The van der Waals surface area contributed by atoms with Gasteiger partial charge in [-0.05, 0) is 48.9 Å². The molecule has 2 aromatic heterocycles. The molecule has 0 aliphatic heterocycles. The number of aromatic nitrogens is 1. The standard InChI is InChI=1S/C17H13FN2O2/c1-11-8-9-19-16(10-11)20-17(21)15-7-6-14(22-15)12-4-2-3-5-13(12)18/h2-10H,1H3,(H,19,20,21). The van der Waals surface area contributed by atoms with Crippen LogP contribution in [0.1, 0.15) is 16.1 Å². The van der Waals surface area contributed by atoms with E-state index in [1.54, 1.807) is 36.5 Å². The summed E-state index contributed by atoms with van der Waals surface area (Å²) in [5, 5.41) is 2.64. The number of pyridine rings is 1. The van der Waals surface area contributed by atoms with Crippen LogP contribution in [0.4, 0.5) is 10.2 Å². The molecule has 0 aliphatic rings. The SMILES string of the molecule is Cc1ccnc(NC(=O)c2ccc(-c3ccccc3F)o2)c1. The molecule has 0 unspecified atom stereocenters. The van der Waals surface area contributed by atoms with Crippen molar-refractivity contribution in [1.29, 1.82) is 0 Å². The largest absolute Gasteiger partial charge is 0.451 e. The number of furan rings is 1. The summed E-state index contributed by atoms with van der Waals surface area (Å²) in [7, 11) is 0. The van der Waals surface area contributed by atoms with Gasteiger partial charge in [0.1, 0.15) is 17.4 Å². The summed E-state index contributed by atoms with van der Waals surface area (Å²) in [6, 6.07) is 12.9. The van der Waals surface area contributed by atoms with Crippen LogP contribution in [-0.2, 0) is 0 Å². The van der Waals surface area contributed by atoms with Gasteiger partial charge < -0.3 is 9.73 Å². The van der Waals surface area contributed by atoms with Gasteiger partial charge in [0, 0.05) is 6.20 Å². The van der Waals surface area contributed by atoms with Gasteiger partial charge in [-0.1, -0.05) is 12.1 Å². The van der Waals surface area contributed by atoms with Crippen LogP contribution in [0, 0.1) is 12.7 Å². The molecule has 2 heterocycles. The van der Waals surface area contributed by atoms with E-state index in [1.807, 2.05) is 13.0 Å². The second kappa shape index (κ2) is 5.81. The first-order valence-corrected chi connectivity index (χ1v) is 6.72. The van der Waals surface area contributed by atoms with E-state index >= 15 is 0 Å². The fraction of sp³-hybridized carbons (Fsp3) is 0.0588. The van der Waals surface area contributed by atoms with Crippen molar-refractivity contribution in [2.24, 2.45) is 0 Å². The molecular formula is C17H13FN2O2. The van der Waals surface area contributed by atoms with Crippen molar-refractivity contribution in [3.63, 3.8) is 0 Å².